The van der Waals surface area contributed by atoms with Gasteiger partial charge in [-0.1, -0.05) is 25.5 Å². The lowest BCUT2D eigenvalue weighted by Crippen LogP contribution is -2.26. The Labute approximate surface area is 69.7 Å². The summed E-state index contributed by atoms with van der Waals surface area (Å²) < 4.78 is 0. The zero-order valence-electron chi connectivity index (χ0n) is 7.64. The zero-order chi connectivity index (χ0) is 8.27. The SMILES string of the molecule is CC(C)C(N)CC1=CCCC1. The number of rotatable bonds is 3. The number of nitrogens with two attached hydrogens (primary N) is 1. The van der Waals surface area contributed by atoms with E-state index in [2.05, 4.69) is 19.9 Å². The summed E-state index contributed by atoms with van der Waals surface area (Å²) in [5, 5.41) is 0. The Balaban J connectivity index is 2.29. The van der Waals surface area contributed by atoms with Gasteiger partial charge in [-0.3, -0.25) is 0 Å². The molecule has 0 saturated heterocycles. The van der Waals surface area contributed by atoms with Crippen LogP contribution in [0.3, 0.4) is 0 Å². The van der Waals surface area contributed by atoms with Crippen LogP contribution in [0.25, 0.3) is 0 Å². The first-order valence-electron chi connectivity index (χ1n) is 4.63. The van der Waals surface area contributed by atoms with Crippen molar-refractivity contribution < 1.29 is 0 Å². The molecule has 0 aromatic carbocycles. The molecule has 0 fully saturated rings. The molecule has 1 nitrogen and oxygen atoms in total. The molecule has 0 aromatic heterocycles. The summed E-state index contributed by atoms with van der Waals surface area (Å²) in [6, 6.07) is 0.374. The van der Waals surface area contributed by atoms with Crippen LogP contribution in [-0.2, 0) is 0 Å². The Hall–Kier alpha value is -0.300. The van der Waals surface area contributed by atoms with Crippen LogP contribution in [0.1, 0.15) is 39.5 Å². The third-order valence-electron chi connectivity index (χ3n) is 2.49. The fourth-order valence-electron chi connectivity index (χ4n) is 1.46. The van der Waals surface area contributed by atoms with Gasteiger partial charge in [0.2, 0.25) is 0 Å². The monoisotopic (exact) mass is 153 g/mol. The average Bonchev–Trinajstić information content (AvgIpc) is 2.39. The van der Waals surface area contributed by atoms with Crippen molar-refractivity contribution in [2.24, 2.45) is 11.7 Å². The maximum atomic E-state index is 5.96. The highest BCUT2D eigenvalue weighted by atomic mass is 14.6. The van der Waals surface area contributed by atoms with Crippen LogP contribution < -0.4 is 5.73 Å². The van der Waals surface area contributed by atoms with Crippen molar-refractivity contribution in [3.63, 3.8) is 0 Å². The van der Waals surface area contributed by atoms with Crippen LogP contribution in [0.5, 0.6) is 0 Å². The molecule has 1 atom stereocenters. The fraction of sp³-hybridized carbons (Fsp3) is 0.800. The molecule has 0 aliphatic heterocycles. The van der Waals surface area contributed by atoms with Gasteiger partial charge in [-0.15, -0.1) is 0 Å². The van der Waals surface area contributed by atoms with Crippen molar-refractivity contribution in [1.29, 1.82) is 0 Å². The molecule has 1 rings (SSSR count). The lowest BCUT2D eigenvalue weighted by atomic mass is 9.97. The summed E-state index contributed by atoms with van der Waals surface area (Å²) in [6.45, 7) is 4.39. The maximum absolute atomic E-state index is 5.96. The summed E-state index contributed by atoms with van der Waals surface area (Å²) in [5.74, 6) is 0.622. The molecule has 0 bridgehead atoms. The van der Waals surface area contributed by atoms with Gasteiger partial charge in [-0.25, -0.2) is 0 Å². The Bertz CT molecular complexity index is 147. The Kier molecular flexibility index (Phi) is 3.13. The van der Waals surface area contributed by atoms with Gasteiger partial charge >= 0.3 is 0 Å². The molecular weight excluding hydrogens is 134 g/mol. The van der Waals surface area contributed by atoms with E-state index in [9.17, 15) is 0 Å². The van der Waals surface area contributed by atoms with Gasteiger partial charge in [0.25, 0.3) is 0 Å². The number of allylic oxidation sites excluding steroid dienone is 1. The quantitative estimate of drug-likeness (QED) is 0.619. The smallest absolute Gasteiger partial charge is 0.00992 e. The van der Waals surface area contributed by atoms with Crippen molar-refractivity contribution in [1.82, 2.24) is 0 Å². The summed E-state index contributed by atoms with van der Waals surface area (Å²) in [4.78, 5) is 0. The second-order valence-corrected chi connectivity index (χ2v) is 3.87. The van der Waals surface area contributed by atoms with Crippen LogP contribution in [-0.4, -0.2) is 6.04 Å². The molecule has 0 radical (unpaired) electrons. The van der Waals surface area contributed by atoms with Gasteiger partial charge < -0.3 is 5.73 Å². The topological polar surface area (TPSA) is 26.0 Å². The highest BCUT2D eigenvalue weighted by molar-refractivity contribution is 5.09. The highest BCUT2D eigenvalue weighted by Gasteiger charge is 2.12. The van der Waals surface area contributed by atoms with Crippen LogP contribution >= 0.6 is 0 Å². The first kappa shape index (κ1) is 8.79. The van der Waals surface area contributed by atoms with E-state index in [-0.39, 0.29) is 0 Å². The van der Waals surface area contributed by atoms with Crippen molar-refractivity contribution >= 4 is 0 Å². The predicted molar refractivity (Wildman–Crippen MR) is 49.4 cm³/mol. The van der Waals surface area contributed by atoms with Crippen molar-refractivity contribution in [3.05, 3.63) is 11.6 Å². The summed E-state index contributed by atoms with van der Waals surface area (Å²) in [7, 11) is 0. The van der Waals surface area contributed by atoms with E-state index in [0.29, 0.717) is 12.0 Å². The van der Waals surface area contributed by atoms with Crippen molar-refractivity contribution in [3.8, 4) is 0 Å². The molecule has 11 heavy (non-hydrogen) atoms. The fourth-order valence-corrected chi connectivity index (χ4v) is 1.46. The molecule has 64 valence electrons. The minimum absolute atomic E-state index is 0.374. The van der Waals surface area contributed by atoms with Crippen LogP contribution in [0.4, 0.5) is 0 Å². The summed E-state index contributed by atoms with van der Waals surface area (Å²) in [5.41, 5.74) is 7.54. The Morgan fingerprint density at radius 2 is 2.27 bits per heavy atom. The molecule has 0 saturated carbocycles. The molecule has 0 heterocycles. The normalized spacial score (nSPS) is 20.5. The summed E-state index contributed by atoms with van der Waals surface area (Å²) >= 11 is 0. The van der Waals surface area contributed by atoms with E-state index >= 15 is 0 Å². The van der Waals surface area contributed by atoms with Gasteiger partial charge in [-0.2, -0.15) is 0 Å². The molecule has 0 amide bonds. The molecule has 0 spiro atoms. The summed E-state index contributed by atoms with van der Waals surface area (Å²) in [6.07, 6.45) is 7.40. The van der Waals surface area contributed by atoms with Gasteiger partial charge in [0.05, 0.1) is 0 Å². The van der Waals surface area contributed by atoms with Crippen molar-refractivity contribution in [2.75, 3.05) is 0 Å². The third kappa shape index (κ3) is 2.66. The predicted octanol–water partition coefficient (Wildman–Crippen LogP) is 2.47. The van der Waals surface area contributed by atoms with E-state index in [1.807, 2.05) is 0 Å². The van der Waals surface area contributed by atoms with Gasteiger partial charge in [0.1, 0.15) is 0 Å². The maximum Gasteiger partial charge on any atom is 0.00992 e. The number of hydrogen-bond donors (Lipinski definition) is 1. The lowest BCUT2D eigenvalue weighted by molar-refractivity contribution is 0.486. The Morgan fingerprint density at radius 1 is 1.55 bits per heavy atom. The first-order chi connectivity index (χ1) is 5.20. The molecule has 1 aliphatic rings. The highest BCUT2D eigenvalue weighted by Crippen LogP contribution is 2.22. The minimum Gasteiger partial charge on any atom is -0.327 e. The molecule has 2 N–H and O–H groups in total. The third-order valence-corrected chi connectivity index (χ3v) is 2.49. The molecule has 1 aliphatic carbocycles. The second-order valence-electron chi connectivity index (χ2n) is 3.87. The van der Waals surface area contributed by atoms with E-state index in [1.54, 1.807) is 5.57 Å². The van der Waals surface area contributed by atoms with E-state index < -0.39 is 0 Å². The number of hydrogen-bond acceptors (Lipinski definition) is 1. The average molecular weight is 153 g/mol. The van der Waals surface area contributed by atoms with Gasteiger partial charge in [0.15, 0.2) is 0 Å². The lowest BCUT2D eigenvalue weighted by Gasteiger charge is -2.15. The van der Waals surface area contributed by atoms with Gasteiger partial charge in [-0.05, 0) is 31.6 Å². The van der Waals surface area contributed by atoms with E-state index in [0.717, 1.165) is 6.42 Å². The standard InChI is InChI=1S/C10H19N/c1-8(2)10(11)7-9-5-3-4-6-9/h5,8,10H,3-4,6-7,11H2,1-2H3. The molecule has 1 unspecified atom stereocenters. The van der Waals surface area contributed by atoms with Crippen LogP contribution in [0.2, 0.25) is 0 Å². The molecular formula is C10H19N. The zero-order valence-corrected chi connectivity index (χ0v) is 7.64. The molecule has 1 heteroatoms. The van der Waals surface area contributed by atoms with E-state index in [4.69, 9.17) is 5.73 Å². The second kappa shape index (κ2) is 3.91. The minimum atomic E-state index is 0.374. The van der Waals surface area contributed by atoms with Crippen LogP contribution in [0.15, 0.2) is 11.6 Å². The van der Waals surface area contributed by atoms with Gasteiger partial charge in [0, 0.05) is 6.04 Å². The molecule has 0 aromatic rings. The van der Waals surface area contributed by atoms with Crippen molar-refractivity contribution in [2.45, 2.75) is 45.6 Å². The largest absolute Gasteiger partial charge is 0.327 e. The first-order valence-corrected chi connectivity index (χ1v) is 4.63. The van der Waals surface area contributed by atoms with E-state index in [1.165, 1.54) is 19.3 Å². The van der Waals surface area contributed by atoms with Crippen LogP contribution in [0, 0.1) is 5.92 Å². The Morgan fingerprint density at radius 3 is 2.73 bits per heavy atom.